The fraction of sp³-hybridized carbons (Fsp3) is 1.00. The van der Waals surface area contributed by atoms with Gasteiger partial charge in [-0.05, 0) is 0 Å². The first-order valence-electron chi connectivity index (χ1n) is 4.33. The second kappa shape index (κ2) is 4.13. The summed E-state index contributed by atoms with van der Waals surface area (Å²) in [5, 5.41) is 2.77. The summed E-state index contributed by atoms with van der Waals surface area (Å²) in [6.45, 7) is 0. The average Bonchev–Trinajstić information content (AvgIpc) is 1.97. The second-order valence-corrected chi connectivity index (χ2v) is 5.80. The number of rotatable bonds is 2. The van der Waals surface area contributed by atoms with Crippen LogP contribution in [0.25, 0.3) is 0 Å². The SMILES string of the molecule is C[N+]1(OS(C)(=O)=O)C(N)CC(Cl)NC1N. The highest BCUT2D eigenvalue weighted by molar-refractivity contribution is 7.85. The van der Waals surface area contributed by atoms with Crippen LogP contribution in [0.1, 0.15) is 6.42 Å². The highest BCUT2D eigenvalue weighted by Gasteiger charge is 2.47. The Bertz CT molecular complexity index is 323. The zero-order valence-electron chi connectivity index (χ0n) is 8.55. The van der Waals surface area contributed by atoms with E-state index in [0.29, 0.717) is 6.42 Å². The molecule has 9 heteroatoms. The van der Waals surface area contributed by atoms with Gasteiger partial charge in [0.15, 0.2) is 6.17 Å². The zero-order chi connectivity index (χ0) is 11.9. The minimum absolute atomic E-state index is 0.362. The van der Waals surface area contributed by atoms with Crippen molar-refractivity contribution >= 4 is 21.7 Å². The van der Waals surface area contributed by atoms with E-state index in [1.165, 1.54) is 7.05 Å². The van der Waals surface area contributed by atoms with E-state index in [1.807, 2.05) is 0 Å². The molecule has 4 unspecified atom stereocenters. The van der Waals surface area contributed by atoms with E-state index in [4.69, 9.17) is 27.4 Å². The van der Waals surface area contributed by atoms with Crippen LogP contribution in [0.4, 0.5) is 0 Å². The quantitative estimate of drug-likeness (QED) is 0.314. The summed E-state index contributed by atoms with van der Waals surface area (Å²) in [7, 11) is -2.14. The zero-order valence-corrected chi connectivity index (χ0v) is 10.1. The largest absolute Gasteiger partial charge is 0.311 e. The van der Waals surface area contributed by atoms with Crippen molar-refractivity contribution < 1.29 is 17.3 Å². The van der Waals surface area contributed by atoms with Gasteiger partial charge in [0.2, 0.25) is 6.29 Å². The molecule has 5 N–H and O–H groups in total. The molecule has 0 radical (unpaired) electrons. The van der Waals surface area contributed by atoms with Gasteiger partial charge in [-0.15, -0.1) is 16.2 Å². The molecule has 1 fully saturated rings. The van der Waals surface area contributed by atoms with Crippen LogP contribution in [0.3, 0.4) is 0 Å². The second-order valence-electron chi connectivity index (χ2n) is 3.72. The summed E-state index contributed by atoms with van der Waals surface area (Å²) in [4.78, 5) is 0. The normalized spacial score (nSPS) is 42.9. The summed E-state index contributed by atoms with van der Waals surface area (Å²) in [5.41, 5.74) is 11.1. The highest BCUT2D eigenvalue weighted by Crippen LogP contribution is 2.22. The number of hydrogen-bond donors (Lipinski definition) is 3. The van der Waals surface area contributed by atoms with Crippen LogP contribution in [-0.2, 0) is 14.4 Å². The van der Waals surface area contributed by atoms with Gasteiger partial charge in [-0.25, -0.2) is 5.32 Å². The predicted molar refractivity (Wildman–Crippen MR) is 55.5 cm³/mol. The van der Waals surface area contributed by atoms with Crippen LogP contribution >= 0.6 is 11.6 Å². The third-order valence-electron chi connectivity index (χ3n) is 2.31. The van der Waals surface area contributed by atoms with Crippen molar-refractivity contribution in [3.8, 4) is 0 Å². The number of alkyl halides is 1. The molecule has 1 aliphatic rings. The molecule has 1 heterocycles. The van der Waals surface area contributed by atoms with Crippen molar-refractivity contribution in [3.63, 3.8) is 0 Å². The van der Waals surface area contributed by atoms with E-state index in [9.17, 15) is 8.42 Å². The van der Waals surface area contributed by atoms with Gasteiger partial charge in [-0.3, -0.25) is 11.5 Å². The van der Waals surface area contributed by atoms with Gasteiger partial charge in [-0.2, -0.15) is 8.42 Å². The maximum absolute atomic E-state index is 11.1. The summed E-state index contributed by atoms with van der Waals surface area (Å²) < 4.78 is 26.6. The number of nitrogens with zero attached hydrogens (tertiary/aromatic N) is 1. The summed E-state index contributed by atoms with van der Waals surface area (Å²) in [6.07, 6.45) is -0.0752. The van der Waals surface area contributed by atoms with E-state index in [-0.39, 0.29) is 5.50 Å². The minimum Gasteiger partial charge on any atom is -0.279 e. The Morgan fingerprint density at radius 2 is 2.07 bits per heavy atom. The lowest BCUT2D eigenvalue weighted by molar-refractivity contribution is -1.11. The summed E-state index contributed by atoms with van der Waals surface area (Å²) >= 11 is 5.82. The van der Waals surface area contributed by atoms with Crippen molar-refractivity contribution in [2.45, 2.75) is 24.4 Å². The molecular formula is C6H16ClN4O3S+. The molecule has 0 spiro atoms. The molecule has 1 aliphatic heterocycles. The van der Waals surface area contributed by atoms with Crippen LogP contribution in [0, 0.1) is 0 Å². The lowest BCUT2D eigenvalue weighted by Crippen LogP contribution is -2.75. The minimum atomic E-state index is -3.64. The van der Waals surface area contributed by atoms with Crippen LogP contribution in [0.15, 0.2) is 0 Å². The van der Waals surface area contributed by atoms with Gasteiger partial charge in [0.25, 0.3) is 0 Å². The van der Waals surface area contributed by atoms with E-state index >= 15 is 0 Å². The van der Waals surface area contributed by atoms with Gasteiger partial charge in [0.05, 0.1) is 11.8 Å². The lowest BCUT2D eigenvalue weighted by Gasteiger charge is -2.43. The van der Waals surface area contributed by atoms with Crippen LogP contribution in [-0.4, -0.2) is 44.3 Å². The molecule has 0 aromatic rings. The Morgan fingerprint density at radius 3 is 2.47 bits per heavy atom. The third kappa shape index (κ3) is 3.00. The number of hydrogen-bond acceptors (Lipinski definition) is 6. The molecule has 0 amide bonds. The first kappa shape index (κ1) is 13.1. The van der Waals surface area contributed by atoms with Gasteiger partial charge in [-0.1, -0.05) is 4.28 Å². The fourth-order valence-electron chi connectivity index (χ4n) is 1.42. The third-order valence-corrected chi connectivity index (χ3v) is 3.20. The molecule has 0 aromatic heterocycles. The first-order valence-corrected chi connectivity index (χ1v) is 6.59. The molecule has 1 saturated heterocycles. The maximum atomic E-state index is 11.1. The maximum Gasteiger partial charge on any atom is 0.311 e. The highest BCUT2D eigenvalue weighted by atomic mass is 35.5. The molecule has 90 valence electrons. The molecule has 15 heavy (non-hydrogen) atoms. The molecule has 1 rings (SSSR count). The van der Waals surface area contributed by atoms with E-state index < -0.39 is 27.2 Å². The van der Waals surface area contributed by atoms with E-state index in [1.54, 1.807) is 0 Å². The predicted octanol–water partition coefficient (Wildman–Crippen LogP) is -1.59. The van der Waals surface area contributed by atoms with Crippen molar-refractivity contribution in [1.82, 2.24) is 5.32 Å². The molecule has 0 bridgehead atoms. The first-order chi connectivity index (χ1) is 6.65. The summed E-state index contributed by atoms with van der Waals surface area (Å²) in [5.74, 6) is 0. The van der Waals surface area contributed by atoms with Crippen molar-refractivity contribution in [1.29, 1.82) is 0 Å². The van der Waals surface area contributed by atoms with Crippen molar-refractivity contribution in [3.05, 3.63) is 0 Å². The number of halogens is 1. The van der Waals surface area contributed by atoms with Crippen LogP contribution in [0.2, 0.25) is 0 Å². The number of nitrogens with two attached hydrogens (primary N) is 2. The smallest absolute Gasteiger partial charge is 0.279 e. The fourth-order valence-corrected chi connectivity index (χ4v) is 2.52. The lowest BCUT2D eigenvalue weighted by atomic mass is 10.2. The van der Waals surface area contributed by atoms with Crippen molar-refractivity contribution in [2.24, 2.45) is 11.5 Å². The van der Waals surface area contributed by atoms with Crippen LogP contribution < -0.4 is 16.8 Å². The Hall–Kier alpha value is 0.0400. The topological polar surface area (TPSA) is 107 Å². The van der Waals surface area contributed by atoms with E-state index in [0.717, 1.165) is 6.26 Å². The van der Waals surface area contributed by atoms with Gasteiger partial charge < -0.3 is 0 Å². The summed E-state index contributed by atoms with van der Waals surface area (Å²) in [6, 6.07) is 0. The number of hydroxylamine groups is 3. The van der Waals surface area contributed by atoms with E-state index in [2.05, 4.69) is 5.32 Å². The molecule has 0 saturated carbocycles. The monoisotopic (exact) mass is 259 g/mol. The molecular weight excluding hydrogens is 244 g/mol. The average molecular weight is 260 g/mol. The van der Waals surface area contributed by atoms with Crippen molar-refractivity contribution in [2.75, 3.05) is 13.3 Å². The van der Waals surface area contributed by atoms with Gasteiger partial charge in [0.1, 0.15) is 7.05 Å². The standard InChI is InChI=1S/C6H16ClN4O3S/c1-11(14-15(2,12)13)5(8)3-4(7)10-6(11)9/h4-6,10H,3,8-9H2,1-2H3/q+1. The van der Waals surface area contributed by atoms with Gasteiger partial charge in [0, 0.05) is 6.42 Å². The Kier molecular flexibility index (Phi) is 3.61. The molecule has 0 aliphatic carbocycles. The van der Waals surface area contributed by atoms with Crippen LogP contribution in [0.5, 0.6) is 0 Å². The Morgan fingerprint density at radius 1 is 1.53 bits per heavy atom. The molecule has 4 atom stereocenters. The molecule has 7 nitrogen and oxygen atoms in total. The Balaban J connectivity index is 2.90. The Labute approximate surface area is 94.0 Å². The number of quaternary nitrogens is 1. The molecule has 0 aromatic carbocycles. The van der Waals surface area contributed by atoms with Gasteiger partial charge >= 0.3 is 10.1 Å². The number of nitrogens with one attached hydrogen (secondary N) is 1.